The average Bonchev–Trinajstić information content (AvgIpc) is 2.41. The molecule has 0 unspecified atom stereocenters. The van der Waals surface area contributed by atoms with Crippen molar-refractivity contribution in [3.05, 3.63) is 48.5 Å². The van der Waals surface area contributed by atoms with Crippen LogP contribution in [0.15, 0.2) is 52.5 Å². The van der Waals surface area contributed by atoms with Crippen LogP contribution < -0.4 is 9.86 Å². The third-order valence-electron chi connectivity index (χ3n) is 2.46. The number of hydrogen-bond acceptors (Lipinski definition) is 5. The van der Waals surface area contributed by atoms with E-state index in [0.717, 1.165) is 24.4 Å². The van der Waals surface area contributed by atoms with E-state index in [0.29, 0.717) is 0 Å². The highest BCUT2D eigenvalue weighted by Gasteiger charge is 2.18. The molecular formula is C11H10FN3O4S2. The zero-order valence-corrected chi connectivity index (χ0v) is 12.0. The number of nitrogens with zero attached hydrogens (tertiary/aromatic N) is 1. The number of rotatable bonds is 4. The van der Waals surface area contributed by atoms with Gasteiger partial charge in [-0.3, -0.25) is 9.71 Å². The van der Waals surface area contributed by atoms with E-state index in [1.807, 2.05) is 4.72 Å². The van der Waals surface area contributed by atoms with Crippen LogP contribution in [0.4, 0.5) is 10.1 Å². The van der Waals surface area contributed by atoms with Crippen molar-refractivity contribution < 1.29 is 21.2 Å². The molecule has 0 aliphatic carbocycles. The fourth-order valence-electron chi connectivity index (χ4n) is 1.47. The molecule has 0 fully saturated rings. The van der Waals surface area contributed by atoms with Crippen molar-refractivity contribution in [1.29, 1.82) is 0 Å². The second kappa shape index (κ2) is 5.39. The Morgan fingerprint density at radius 1 is 1.10 bits per heavy atom. The molecule has 0 atom stereocenters. The summed E-state index contributed by atoms with van der Waals surface area (Å²) in [5, 5.41) is 4.91. The average molecular weight is 331 g/mol. The first-order chi connectivity index (χ1) is 9.70. The molecule has 0 saturated carbocycles. The first-order valence-corrected chi connectivity index (χ1v) is 8.48. The highest BCUT2D eigenvalue weighted by Crippen LogP contribution is 2.22. The van der Waals surface area contributed by atoms with Crippen molar-refractivity contribution in [3.8, 4) is 0 Å². The predicted octanol–water partition coefficient (Wildman–Crippen LogP) is 0.669. The minimum atomic E-state index is -4.09. The number of anilines is 1. The summed E-state index contributed by atoms with van der Waals surface area (Å²) in [6.45, 7) is 0. The van der Waals surface area contributed by atoms with Crippen LogP contribution in [0.5, 0.6) is 0 Å². The molecule has 2 aromatic rings. The number of pyridine rings is 1. The lowest BCUT2D eigenvalue weighted by Crippen LogP contribution is -2.16. The molecule has 0 spiro atoms. The van der Waals surface area contributed by atoms with Crippen LogP contribution in [-0.4, -0.2) is 21.8 Å². The van der Waals surface area contributed by atoms with Gasteiger partial charge < -0.3 is 0 Å². The molecule has 0 bridgehead atoms. The van der Waals surface area contributed by atoms with Crippen molar-refractivity contribution in [2.24, 2.45) is 5.14 Å². The van der Waals surface area contributed by atoms with Gasteiger partial charge in [0.25, 0.3) is 10.0 Å². The molecule has 112 valence electrons. The van der Waals surface area contributed by atoms with Gasteiger partial charge in [-0.15, -0.1) is 0 Å². The molecule has 1 heterocycles. The van der Waals surface area contributed by atoms with Gasteiger partial charge in [-0.2, -0.15) is 0 Å². The number of hydrogen-bond donors (Lipinski definition) is 2. The molecule has 3 N–H and O–H groups in total. The number of nitrogens with one attached hydrogen (secondary N) is 1. The van der Waals surface area contributed by atoms with E-state index in [2.05, 4.69) is 4.98 Å². The zero-order valence-electron chi connectivity index (χ0n) is 10.4. The summed E-state index contributed by atoms with van der Waals surface area (Å²) in [6.07, 6.45) is 2.45. The molecule has 2 rings (SSSR count). The maximum Gasteiger partial charge on any atom is 0.263 e. The lowest BCUT2D eigenvalue weighted by Gasteiger charge is -2.09. The normalized spacial score (nSPS) is 12.1. The van der Waals surface area contributed by atoms with Crippen LogP contribution in [0.2, 0.25) is 0 Å². The van der Waals surface area contributed by atoms with Gasteiger partial charge in [0, 0.05) is 12.4 Å². The molecule has 0 saturated heterocycles. The van der Waals surface area contributed by atoms with Crippen LogP contribution in [0.3, 0.4) is 0 Å². The first kappa shape index (κ1) is 15.4. The van der Waals surface area contributed by atoms with Crippen molar-refractivity contribution in [2.45, 2.75) is 9.79 Å². The second-order valence-electron chi connectivity index (χ2n) is 3.98. The zero-order chi connectivity index (χ0) is 15.7. The Labute approximate surface area is 120 Å². The van der Waals surface area contributed by atoms with Crippen LogP contribution in [0.25, 0.3) is 0 Å². The third kappa shape index (κ3) is 3.54. The van der Waals surface area contributed by atoms with Gasteiger partial charge in [0.05, 0.1) is 10.6 Å². The Kier molecular flexibility index (Phi) is 3.94. The number of primary sulfonamides is 1. The smallest absolute Gasteiger partial charge is 0.263 e. The molecule has 10 heteroatoms. The van der Waals surface area contributed by atoms with E-state index in [1.165, 1.54) is 18.3 Å². The number of nitrogens with two attached hydrogens (primary N) is 1. The Morgan fingerprint density at radius 3 is 2.38 bits per heavy atom. The number of benzene rings is 1. The van der Waals surface area contributed by atoms with Crippen LogP contribution in [-0.2, 0) is 20.0 Å². The highest BCUT2D eigenvalue weighted by molar-refractivity contribution is 7.92. The SMILES string of the molecule is NS(=O)(=O)c1ccc(F)c(NS(=O)(=O)c2cccnc2)c1. The van der Waals surface area contributed by atoms with E-state index >= 15 is 0 Å². The molecule has 0 aliphatic rings. The third-order valence-corrected chi connectivity index (χ3v) is 4.72. The van der Waals surface area contributed by atoms with E-state index in [1.54, 1.807) is 0 Å². The Hall–Kier alpha value is -2.04. The van der Waals surface area contributed by atoms with E-state index in [4.69, 9.17) is 5.14 Å². The number of halogens is 1. The Bertz CT molecular complexity index is 868. The van der Waals surface area contributed by atoms with Gasteiger partial charge in [-0.1, -0.05) is 0 Å². The van der Waals surface area contributed by atoms with Gasteiger partial charge in [0.1, 0.15) is 10.7 Å². The minimum Gasteiger partial charge on any atom is -0.277 e. The highest BCUT2D eigenvalue weighted by atomic mass is 32.2. The van der Waals surface area contributed by atoms with E-state index in [-0.39, 0.29) is 4.90 Å². The molecule has 21 heavy (non-hydrogen) atoms. The second-order valence-corrected chi connectivity index (χ2v) is 7.22. The fourth-order valence-corrected chi connectivity index (χ4v) is 3.03. The van der Waals surface area contributed by atoms with Crippen LogP contribution >= 0.6 is 0 Å². The standard InChI is InChI=1S/C11H10FN3O4S2/c12-10-4-3-8(20(13,16)17)6-11(10)15-21(18,19)9-2-1-5-14-7-9/h1-7,15H,(H2,13,16,17). The Balaban J connectivity index is 2.45. The Morgan fingerprint density at radius 2 is 1.81 bits per heavy atom. The molecule has 7 nitrogen and oxygen atoms in total. The monoisotopic (exact) mass is 331 g/mol. The van der Waals surface area contributed by atoms with Crippen LogP contribution in [0, 0.1) is 5.82 Å². The number of aromatic nitrogens is 1. The van der Waals surface area contributed by atoms with Crippen molar-refractivity contribution in [3.63, 3.8) is 0 Å². The summed E-state index contributed by atoms with van der Waals surface area (Å²) in [7, 11) is -8.16. The van der Waals surface area contributed by atoms with Gasteiger partial charge in [-0.05, 0) is 30.3 Å². The van der Waals surface area contributed by atoms with Gasteiger partial charge >= 0.3 is 0 Å². The summed E-state index contributed by atoms with van der Waals surface area (Å²) >= 11 is 0. The lowest BCUT2D eigenvalue weighted by molar-refractivity contribution is 0.593. The summed E-state index contributed by atoms with van der Waals surface area (Å²) in [4.78, 5) is 3.04. The van der Waals surface area contributed by atoms with Gasteiger partial charge in [-0.25, -0.2) is 26.4 Å². The minimum absolute atomic E-state index is 0.189. The quantitative estimate of drug-likeness (QED) is 0.853. The van der Waals surface area contributed by atoms with Gasteiger partial charge in [0.2, 0.25) is 10.0 Å². The van der Waals surface area contributed by atoms with Crippen molar-refractivity contribution in [1.82, 2.24) is 4.98 Å². The molecule has 1 aromatic heterocycles. The van der Waals surface area contributed by atoms with Crippen LogP contribution in [0.1, 0.15) is 0 Å². The van der Waals surface area contributed by atoms with Gasteiger partial charge in [0.15, 0.2) is 0 Å². The summed E-state index contributed by atoms with van der Waals surface area (Å²) < 4.78 is 62.0. The topological polar surface area (TPSA) is 119 Å². The first-order valence-electron chi connectivity index (χ1n) is 5.45. The summed E-state index contributed by atoms with van der Waals surface area (Å²) in [5.74, 6) is -0.935. The van der Waals surface area contributed by atoms with E-state index in [9.17, 15) is 21.2 Å². The molecule has 0 radical (unpaired) electrons. The number of sulfonamides is 2. The molecule has 1 aromatic carbocycles. The maximum absolute atomic E-state index is 13.6. The predicted molar refractivity (Wildman–Crippen MR) is 72.8 cm³/mol. The summed E-state index contributed by atoms with van der Waals surface area (Å²) in [5.41, 5.74) is -0.523. The maximum atomic E-state index is 13.6. The largest absolute Gasteiger partial charge is 0.277 e. The summed E-state index contributed by atoms with van der Waals surface area (Å²) in [6, 6.07) is 5.20. The lowest BCUT2D eigenvalue weighted by atomic mass is 10.3. The molecular weight excluding hydrogens is 321 g/mol. The molecule has 0 aliphatic heterocycles. The molecule has 0 amide bonds. The fraction of sp³-hybridized carbons (Fsp3) is 0. The van der Waals surface area contributed by atoms with Crippen molar-refractivity contribution >= 4 is 25.7 Å². The van der Waals surface area contributed by atoms with Crippen molar-refractivity contribution in [2.75, 3.05) is 4.72 Å². The van der Waals surface area contributed by atoms with E-state index < -0.39 is 36.4 Å².